The molecule has 3 unspecified atom stereocenters. The van der Waals surface area contributed by atoms with Gasteiger partial charge in [-0.1, -0.05) is 0 Å². The molecular formula is C15H27N3O2. The van der Waals surface area contributed by atoms with Gasteiger partial charge in [0.1, 0.15) is 5.54 Å². The Hall–Kier alpha value is -0.650. The Labute approximate surface area is 121 Å². The summed E-state index contributed by atoms with van der Waals surface area (Å²) in [6, 6.07) is 1.74. The maximum absolute atomic E-state index is 11.7. The van der Waals surface area contributed by atoms with E-state index in [1.807, 2.05) is 6.92 Å². The Kier molecular flexibility index (Phi) is 3.77. The van der Waals surface area contributed by atoms with Crippen LogP contribution in [0.3, 0.4) is 0 Å². The van der Waals surface area contributed by atoms with Crippen molar-refractivity contribution in [2.24, 2.45) is 0 Å². The summed E-state index contributed by atoms with van der Waals surface area (Å²) in [4.78, 5) is 16.5. The number of rotatable bonds is 5. The molecule has 0 aromatic rings. The number of nitrogens with zero attached hydrogens (tertiary/aromatic N) is 2. The molecule has 2 saturated heterocycles. The van der Waals surface area contributed by atoms with Gasteiger partial charge in [-0.2, -0.15) is 0 Å². The molecule has 0 aromatic heterocycles. The highest BCUT2D eigenvalue weighted by molar-refractivity contribution is 5.78. The Morgan fingerprint density at radius 3 is 2.60 bits per heavy atom. The van der Waals surface area contributed by atoms with Crippen LogP contribution in [0, 0.1) is 0 Å². The van der Waals surface area contributed by atoms with E-state index < -0.39 is 11.5 Å². The van der Waals surface area contributed by atoms with Crippen molar-refractivity contribution in [1.82, 2.24) is 15.1 Å². The third-order valence-electron chi connectivity index (χ3n) is 5.34. The molecule has 0 radical (unpaired) electrons. The van der Waals surface area contributed by atoms with Crippen molar-refractivity contribution in [1.29, 1.82) is 0 Å². The number of fused-ring (bicyclic) bond motifs is 2. The Balaban J connectivity index is 1.64. The molecule has 2 heterocycles. The molecule has 3 fully saturated rings. The van der Waals surface area contributed by atoms with Crippen molar-refractivity contribution in [2.45, 2.75) is 62.7 Å². The first-order valence-corrected chi connectivity index (χ1v) is 7.93. The number of carboxylic acid groups (broad SMARTS) is 1. The largest absolute Gasteiger partial charge is 0.480 e. The lowest BCUT2D eigenvalue weighted by Crippen LogP contribution is -2.58. The van der Waals surface area contributed by atoms with E-state index in [4.69, 9.17) is 0 Å². The van der Waals surface area contributed by atoms with Crippen LogP contribution in [0.1, 0.15) is 39.0 Å². The number of likely N-dealkylation sites (tertiary alicyclic amines) is 1. The molecule has 3 rings (SSSR count). The van der Waals surface area contributed by atoms with Crippen LogP contribution in [-0.4, -0.2) is 71.2 Å². The van der Waals surface area contributed by atoms with E-state index >= 15 is 0 Å². The summed E-state index contributed by atoms with van der Waals surface area (Å²) in [5.41, 5.74) is -0.802. The van der Waals surface area contributed by atoms with Gasteiger partial charge in [0, 0.05) is 31.2 Å². The number of likely N-dealkylation sites (N-methyl/N-ethyl adjacent to an activating group) is 1. The molecule has 3 aliphatic rings. The lowest BCUT2D eigenvalue weighted by molar-refractivity contribution is -0.145. The monoisotopic (exact) mass is 281 g/mol. The lowest BCUT2D eigenvalue weighted by atomic mass is 10.00. The van der Waals surface area contributed by atoms with Crippen molar-refractivity contribution in [3.63, 3.8) is 0 Å². The van der Waals surface area contributed by atoms with E-state index in [9.17, 15) is 9.90 Å². The molecule has 0 spiro atoms. The van der Waals surface area contributed by atoms with Crippen LogP contribution in [0.25, 0.3) is 0 Å². The zero-order valence-corrected chi connectivity index (χ0v) is 12.6. The first-order chi connectivity index (χ1) is 9.48. The van der Waals surface area contributed by atoms with Gasteiger partial charge in [0.05, 0.1) is 0 Å². The first-order valence-electron chi connectivity index (χ1n) is 7.93. The summed E-state index contributed by atoms with van der Waals surface area (Å²) in [5, 5.41) is 12.9. The van der Waals surface area contributed by atoms with Crippen molar-refractivity contribution in [3.8, 4) is 0 Å². The van der Waals surface area contributed by atoms with Crippen molar-refractivity contribution >= 4 is 5.97 Å². The second-order valence-corrected chi connectivity index (χ2v) is 7.13. The van der Waals surface area contributed by atoms with Gasteiger partial charge in [-0.3, -0.25) is 19.9 Å². The standard InChI is InChI=1S/C15H27N3O2/c1-15(14(19)20,16-11-3-4-11)10-18-8-7-12-5-6-13(9-18)17(12)2/h11-13,16H,3-10H2,1-2H3,(H,19,20). The summed E-state index contributed by atoms with van der Waals surface area (Å²) in [7, 11) is 2.23. The number of hydrogen-bond acceptors (Lipinski definition) is 4. The number of carbonyl (C=O) groups is 1. The van der Waals surface area contributed by atoms with Crippen LogP contribution < -0.4 is 5.32 Å². The van der Waals surface area contributed by atoms with Crippen LogP contribution in [0.5, 0.6) is 0 Å². The molecule has 5 heteroatoms. The van der Waals surface area contributed by atoms with Gasteiger partial charge in [-0.05, 0) is 52.6 Å². The van der Waals surface area contributed by atoms with Gasteiger partial charge in [-0.15, -0.1) is 0 Å². The Morgan fingerprint density at radius 1 is 1.25 bits per heavy atom. The van der Waals surface area contributed by atoms with Crippen molar-refractivity contribution in [3.05, 3.63) is 0 Å². The topological polar surface area (TPSA) is 55.8 Å². The molecule has 0 aromatic carbocycles. The summed E-state index contributed by atoms with van der Waals surface area (Å²) in [6.45, 7) is 4.51. The smallest absolute Gasteiger partial charge is 0.324 e. The fourth-order valence-electron chi connectivity index (χ4n) is 3.82. The average Bonchev–Trinajstić information content (AvgIpc) is 3.11. The quantitative estimate of drug-likeness (QED) is 0.779. The highest BCUT2D eigenvalue weighted by atomic mass is 16.4. The lowest BCUT2D eigenvalue weighted by Gasteiger charge is -2.34. The van der Waals surface area contributed by atoms with E-state index in [0.29, 0.717) is 24.7 Å². The van der Waals surface area contributed by atoms with Crippen LogP contribution in [-0.2, 0) is 4.79 Å². The van der Waals surface area contributed by atoms with E-state index in [1.54, 1.807) is 0 Å². The summed E-state index contributed by atoms with van der Waals surface area (Å²) >= 11 is 0. The second kappa shape index (κ2) is 5.28. The molecule has 114 valence electrons. The highest BCUT2D eigenvalue weighted by Gasteiger charge is 2.42. The van der Waals surface area contributed by atoms with Gasteiger partial charge >= 0.3 is 5.97 Å². The zero-order chi connectivity index (χ0) is 14.3. The van der Waals surface area contributed by atoms with Crippen molar-refractivity contribution < 1.29 is 9.90 Å². The Morgan fingerprint density at radius 2 is 1.95 bits per heavy atom. The predicted molar refractivity (Wildman–Crippen MR) is 77.8 cm³/mol. The summed E-state index contributed by atoms with van der Waals surface area (Å²) < 4.78 is 0. The van der Waals surface area contributed by atoms with Crippen molar-refractivity contribution in [2.75, 3.05) is 26.7 Å². The highest BCUT2D eigenvalue weighted by Crippen LogP contribution is 2.29. The molecule has 3 atom stereocenters. The molecule has 0 amide bonds. The number of hydrogen-bond donors (Lipinski definition) is 2. The molecule has 1 saturated carbocycles. The minimum absolute atomic E-state index is 0.419. The second-order valence-electron chi connectivity index (χ2n) is 7.13. The van der Waals surface area contributed by atoms with Gasteiger partial charge in [0.25, 0.3) is 0 Å². The number of aliphatic carboxylic acids is 1. The normalized spacial score (nSPS) is 34.7. The summed E-state index contributed by atoms with van der Waals surface area (Å²) in [6.07, 6.45) is 5.99. The fourth-order valence-corrected chi connectivity index (χ4v) is 3.82. The van der Waals surface area contributed by atoms with Crippen LogP contribution in [0.2, 0.25) is 0 Å². The minimum atomic E-state index is -0.802. The number of carboxylic acids is 1. The molecule has 1 aliphatic carbocycles. The molecule has 2 aliphatic heterocycles. The van der Waals surface area contributed by atoms with Crippen LogP contribution in [0.15, 0.2) is 0 Å². The van der Waals surface area contributed by atoms with Gasteiger partial charge in [-0.25, -0.2) is 0 Å². The third kappa shape index (κ3) is 2.85. The van der Waals surface area contributed by atoms with E-state index in [-0.39, 0.29) is 0 Å². The van der Waals surface area contributed by atoms with Crippen LogP contribution in [0.4, 0.5) is 0 Å². The van der Waals surface area contributed by atoms with Gasteiger partial charge < -0.3 is 5.11 Å². The van der Waals surface area contributed by atoms with Gasteiger partial charge in [0.2, 0.25) is 0 Å². The van der Waals surface area contributed by atoms with Gasteiger partial charge in [0.15, 0.2) is 0 Å². The molecule has 2 bridgehead atoms. The zero-order valence-electron chi connectivity index (χ0n) is 12.6. The maximum atomic E-state index is 11.7. The average molecular weight is 281 g/mol. The predicted octanol–water partition coefficient (Wildman–Crippen LogP) is 0.750. The fraction of sp³-hybridized carbons (Fsp3) is 0.933. The SMILES string of the molecule is CN1C2CCC1CN(CC(C)(NC1CC1)C(=O)O)CC2. The van der Waals surface area contributed by atoms with E-state index in [1.165, 1.54) is 19.3 Å². The minimum Gasteiger partial charge on any atom is -0.480 e. The van der Waals surface area contributed by atoms with E-state index in [2.05, 4.69) is 22.2 Å². The Bertz CT molecular complexity index is 385. The summed E-state index contributed by atoms with van der Waals surface area (Å²) in [5.74, 6) is -0.716. The molecule has 20 heavy (non-hydrogen) atoms. The first kappa shape index (κ1) is 14.3. The molecule has 5 nitrogen and oxygen atoms in total. The van der Waals surface area contributed by atoms with E-state index in [0.717, 1.165) is 25.9 Å². The number of nitrogens with one attached hydrogen (secondary N) is 1. The third-order valence-corrected chi connectivity index (χ3v) is 5.34. The molecule has 2 N–H and O–H groups in total. The maximum Gasteiger partial charge on any atom is 0.324 e. The molecular weight excluding hydrogens is 254 g/mol. The van der Waals surface area contributed by atoms with Crippen LogP contribution >= 0.6 is 0 Å².